The minimum absolute atomic E-state index is 0.158. The zero-order valence-corrected chi connectivity index (χ0v) is 10.2. The number of benzene rings is 1. The largest absolute Gasteiger partial charge is 0.310 e. The van der Waals surface area contributed by atoms with E-state index >= 15 is 0 Å². The van der Waals surface area contributed by atoms with Gasteiger partial charge >= 0.3 is 0 Å². The molecule has 1 N–H and O–H groups in total. The monoisotopic (exact) mass is 239 g/mol. The quantitative estimate of drug-likeness (QED) is 0.849. The van der Waals surface area contributed by atoms with Gasteiger partial charge in [-0.15, -0.1) is 0 Å². The fourth-order valence-electron chi connectivity index (χ4n) is 2.57. The predicted molar refractivity (Wildman–Crippen MR) is 64.6 cm³/mol. The van der Waals surface area contributed by atoms with Crippen LogP contribution in [0.1, 0.15) is 38.2 Å². The molecule has 2 atom stereocenters. The highest BCUT2D eigenvalue weighted by Gasteiger charge is 2.19. The van der Waals surface area contributed by atoms with Crippen LogP contribution in [0.15, 0.2) is 18.2 Å². The third-order valence-electron chi connectivity index (χ3n) is 3.57. The van der Waals surface area contributed by atoms with Crippen molar-refractivity contribution in [2.24, 2.45) is 5.92 Å². The summed E-state index contributed by atoms with van der Waals surface area (Å²) in [5.74, 6) is -0.200. The first-order valence-electron chi connectivity index (χ1n) is 6.33. The summed E-state index contributed by atoms with van der Waals surface area (Å²) < 4.78 is 26.8. The Morgan fingerprint density at radius 3 is 2.59 bits per heavy atom. The number of rotatable bonds is 3. The van der Waals surface area contributed by atoms with Crippen LogP contribution in [0.25, 0.3) is 0 Å². The number of nitrogens with one attached hydrogen (secondary N) is 1. The minimum atomic E-state index is -0.457. The van der Waals surface area contributed by atoms with Gasteiger partial charge < -0.3 is 5.32 Å². The van der Waals surface area contributed by atoms with Crippen LogP contribution in [0.4, 0.5) is 8.78 Å². The van der Waals surface area contributed by atoms with Gasteiger partial charge in [-0.3, -0.25) is 0 Å². The molecule has 3 heteroatoms. The second kappa shape index (κ2) is 5.58. The molecule has 2 unspecified atom stereocenters. The van der Waals surface area contributed by atoms with Crippen molar-refractivity contribution in [1.82, 2.24) is 5.32 Å². The van der Waals surface area contributed by atoms with Crippen LogP contribution in [0, 0.1) is 17.6 Å². The molecule has 0 aliphatic heterocycles. The van der Waals surface area contributed by atoms with Gasteiger partial charge in [0.15, 0.2) is 0 Å². The Labute approximate surface area is 101 Å². The maximum atomic E-state index is 13.4. The van der Waals surface area contributed by atoms with E-state index in [1.54, 1.807) is 0 Å². The molecule has 1 aromatic carbocycles. The summed E-state index contributed by atoms with van der Waals surface area (Å²) in [4.78, 5) is 0. The molecule has 1 saturated carbocycles. The lowest BCUT2D eigenvalue weighted by atomic mass is 9.87. The van der Waals surface area contributed by atoms with Crippen molar-refractivity contribution in [3.05, 3.63) is 35.4 Å². The fraction of sp³-hybridized carbons (Fsp3) is 0.571. The van der Waals surface area contributed by atoms with E-state index in [0.717, 1.165) is 12.8 Å². The molecule has 1 aliphatic rings. The second-order valence-electron chi connectivity index (χ2n) is 5.05. The number of halogens is 2. The molecule has 1 aromatic rings. The Morgan fingerprint density at radius 1 is 1.24 bits per heavy atom. The molecule has 1 aliphatic carbocycles. The third-order valence-corrected chi connectivity index (χ3v) is 3.57. The van der Waals surface area contributed by atoms with Gasteiger partial charge in [0.25, 0.3) is 0 Å². The van der Waals surface area contributed by atoms with Crippen LogP contribution in [-0.2, 0) is 6.54 Å². The van der Waals surface area contributed by atoms with Crippen LogP contribution in [0.3, 0.4) is 0 Å². The molecule has 0 radical (unpaired) electrons. The standard InChI is InChI=1S/C14H19F2N/c1-10-4-2-5-11(8-10)17-9-12-13(15)6-3-7-14(12)16/h3,6-7,10-11,17H,2,4-5,8-9H2,1H3. The Balaban J connectivity index is 1.93. The molecule has 1 nitrogen and oxygen atoms in total. The van der Waals surface area contributed by atoms with Crippen molar-refractivity contribution in [1.29, 1.82) is 0 Å². The molecular formula is C14H19F2N. The number of hydrogen-bond acceptors (Lipinski definition) is 1. The van der Waals surface area contributed by atoms with Crippen molar-refractivity contribution in [3.8, 4) is 0 Å². The highest BCUT2D eigenvalue weighted by molar-refractivity contribution is 5.19. The molecule has 0 bridgehead atoms. The smallest absolute Gasteiger partial charge is 0.130 e. The second-order valence-corrected chi connectivity index (χ2v) is 5.05. The normalized spacial score (nSPS) is 24.9. The fourth-order valence-corrected chi connectivity index (χ4v) is 2.57. The molecule has 0 heterocycles. The lowest BCUT2D eigenvalue weighted by molar-refractivity contribution is 0.298. The van der Waals surface area contributed by atoms with Crippen LogP contribution in [0.5, 0.6) is 0 Å². The van der Waals surface area contributed by atoms with E-state index in [2.05, 4.69) is 12.2 Å². The van der Waals surface area contributed by atoms with Gasteiger partial charge in [-0.1, -0.05) is 25.8 Å². The van der Waals surface area contributed by atoms with Crippen molar-refractivity contribution in [2.75, 3.05) is 0 Å². The molecule has 1 fully saturated rings. The highest BCUT2D eigenvalue weighted by atomic mass is 19.1. The maximum Gasteiger partial charge on any atom is 0.130 e. The van der Waals surface area contributed by atoms with Crippen LogP contribution in [-0.4, -0.2) is 6.04 Å². The van der Waals surface area contributed by atoms with Crippen molar-refractivity contribution >= 4 is 0 Å². The van der Waals surface area contributed by atoms with E-state index in [1.807, 2.05) is 0 Å². The number of hydrogen-bond donors (Lipinski definition) is 1. The minimum Gasteiger partial charge on any atom is -0.310 e. The molecule has 0 aromatic heterocycles. The van der Waals surface area contributed by atoms with Crippen LogP contribution >= 0.6 is 0 Å². The van der Waals surface area contributed by atoms with E-state index in [1.165, 1.54) is 31.0 Å². The summed E-state index contributed by atoms with van der Waals surface area (Å²) in [6.45, 7) is 2.52. The van der Waals surface area contributed by atoms with Crippen LogP contribution < -0.4 is 5.32 Å². The summed E-state index contributed by atoms with van der Waals surface area (Å²) >= 11 is 0. The Hall–Kier alpha value is -0.960. The SMILES string of the molecule is CC1CCCC(NCc2c(F)cccc2F)C1. The summed E-state index contributed by atoms with van der Waals surface area (Å²) in [6, 6.07) is 4.42. The van der Waals surface area contributed by atoms with E-state index < -0.39 is 11.6 Å². The molecule has 0 amide bonds. The molecule has 0 spiro atoms. The highest BCUT2D eigenvalue weighted by Crippen LogP contribution is 2.24. The van der Waals surface area contributed by atoms with Crippen molar-refractivity contribution in [3.63, 3.8) is 0 Å². The van der Waals surface area contributed by atoms with E-state index in [4.69, 9.17) is 0 Å². The summed E-state index contributed by atoms with van der Waals surface area (Å²) in [6.07, 6.45) is 4.70. The summed E-state index contributed by atoms with van der Waals surface area (Å²) in [5.41, 5.74) is 0.158. The van der Waals surface area contributed by atoms with Crippen LogP contribution in [0.2, 0.25) is 0 Å². The zero-order valence-electron chi connectivity index (χ0n) is 10.2. The van der Waals surface area contributed by atoms with E-state index in [0.29, 0.717) is 12.0 Å². The predicted octanol–water partition coefficient (Wildman–Crippen LogP) is 3.63. The molecule has 17 heavy (non-hydrogen) atoms. The average Bonchev–Trinajstić information content (AvgIpc) is 2.28. The van der Waals surface area contributed by atoms with Gasteiger partial charge in [-0.25, -0.2) is 8.78 Å². The molecule has 2 rings (SSSR count). The topological polar surface area (TPSA) is 12.0 Å². The Kier molecular flexibility index (Phi) is 4.11. The van der Waals surface area contributed by atoms with Gasteiger partial charge in [-0.2, -0.15) is 0 Å². The third kappa shape index (κ3) is 3.25. The van der Waals surface area contributed by atoms with Gasteiger partial charge in [0.05, 0.1) is 0 Å². The lowest BCUT2D eigenvalue weighted by Crippen LogP contribution is -2.33. The van der Waals surface area contributed by atoms with Gasteiger partial charge in [0, 0.05) is 18.2 Å². The lowest BCUT2D eigenvalue weighted by Gasteiger charge is -2.27. The first-order chi connectivity index (χ1) is 8.16. The molecule has 0 saturated heterocycles. The first kappa shape index (κ1) is 12.5. The van der Waals surface area contributed by atoms with Crippen molar-refractivity contribution in [2.45, 2.75) is 45.2 Å². The molecular weight excluding hydrogens is 220 g/mol. The Morgan fingerprint density at radius 2 is 1.94 bits per heavy atom. The molecule has 94 valence electrons. The first-order valence-corrected chi connectivity index (χ1v) is 6.33. The van der Waals surface area contributed by atoms with Gasteiger partial charge in [0.2, 0.25) is 0 Å². The zero-order chi connectivity index (χ0) is 12.3. The Bertz CT molecular complexity index is 358. The summed E-state index contributed by atoms with van der Waals surface area (Å²) in [7, 11) is 0. The maximum absolute atomic E-state index is 13.4. The van der Waals surface area contributed by atoms with Gasteiger partial charge in [0.1, 0.15) is 11.6 Å². The summed E-state index contributed by atoms with van der Waals surface area (Å²) in [5, 5.41) is 3.27. The average molecular weight is 239 g/mol. The van der Waals surface area contributed by atoms with Crippen molar-refractivity contribution < 1.29 is 8.78 Å². The van der Waals surface area contributed by atoms with E-state index in [9.17, 15) is 8.78 Å². The van der Waals surface area contributed by atoms with E-state index in [-0.39, 0.29) is 12.1 Å². The van der Waals surface area contributed by atoms with Gasteiger partial charge in [-0.05, 0) is 30.9 Å².